The maximum atomic E-state index is 8.87. The largest absolute Gasteiger partial charge is 0.392 e. The van der Waals surface area contributed by atoms with Crippen molar-refractivity contribution in [2.24, 2.45) is 0 Å². The van der Waals surface area contributed by atoms with E-state index in [9.17, 15) is 0 Å². The standard InChI is InChI=1S/C10H19NO/c1-2-3-6-11-7-4-10(9-12)5-8-11/h4,12H,2-3,5-9H2,1H3. The fraction of sp³-hybridized carbons (Fsp3) is 0.800. The van der Waals surface area contributed by atoms with Gasteiger partial charge in [-0.3, -0.25) is 4.90 Å². The molecule has 0 saturated carbocycles. The van der Waals surface area contributed by atoms with Crippen molar-refractivity contribution >= 4 is 0 Å². The molecule has 0 aliphatic carbocycles. The van der Waals surface area contributed by atoms with E-state index < -0.39 is 0 Å². The number of unbranched alkanes of at least 4 members (excludes halogenated alkanes) is 1. The molecule has 0 bridgehead atoms. The molecule has 0 saturated heterocycles. The zero-order valence-electron chi connectivity index (χ0n) is 7.92. The Kier molecular flexibility index (Phi) is 4.33. The van der Waals surface area contributed by atoms with Crippen LogP contribution in [0.5, 0.6) is 0 Å². The van der Waals surface area contributed by atoms with Gasteiger partial charge >= 0.3 is 0 Å². The molecule has 0 aromatic rings. The first-order valence-corrected chi connectivity index (χ1v) is 4.88. The molecule has 1 aliphatic rings. The van der Waals surface area contributed by atoms with Gasteiger partial charge in [-0.15, -0.1) is 0 Å². The van der Waals surface area contributed by atoms with Crippen LogP contribution in [0, 0.1) is 0 Å². The molecule has 0 aromatic carbocycles. The first-order chi connectivity index (χ1) is 5.86. The summed E-state index contributed by atoms with van der Waals surface area (Å²) in [5.41, 5.74) is 1.21. The van der Waals surface area contributed by atoms with Crippen LogP contribution < -0.4 is 0 Å². The molecule has 0 amide bonds. The van der Waals surface area contributed by atoms with Gasteiger partial charge in [-0.1, -0.05) is 19.4 Å². The lowest BCUT2D eigenvalue weighted by Crippen LogP contribution is -2.30. The molecule has 1 aliphatic heterocycles. The fourth-order valence-corrected chi connectivity index (χ4v) is 1.48. The van der Waals surface area contributed by atoms with Crippen LogP contribution in [0.25, 0.3) is 0 Å². The molecule has 12 heavy (non-hydrogen) atoms. The Morgan fingerprint density at radius 1 is 1.58 bits per heavy atom. The Bertz CT molecular complexity index is 154. The second kappa shape index (κ2) is 5.33. The minimum Gasteiger partial charge on any atom is -0.392 e. The quantitative estimate of drug-likeness (QED) is 0.643. The van der Waals surface area contributed by atoms with E-state index in [2.05, 4.69) is 17.9 Å². The molecule has 0 unspecified atom stereocenters. The molecule has 0 aromatic heterocycles. The number of nitrogens with zero attached hydrogens (tertiary/aromatic N) is 1. The van der Waals surface area contributed by atoms with Gasteiger partial charge in [0, 0.05) is 13.1 Å². The van der Waals surface area contributed by atoms with Crippen LogP contribution >= 0.6 is 0 Å². The number of hydrogen-bond acceptors (Lipinski definition) is 2. The predicted octanol–water partition coefficient (Wildman–Crippen LogP) is 1.41. The predicted molar refractivity (Wildman–Crippen MR) is 51.1 cm³/mol. The Hall–Kier alpha value is -0.340. The van der Waals surface area contributed by atoms with Crippen molar-refractivity contribution in [2.45, 2.75) is 26.2 Å². The van der Waals surface area contributed by atoms with E-state index in [1.807, 2.05) is 0 Å². The van der Waals surface area contributed by atoms with Crippen LogP contribution in [0.15, 0.2) is 11.6 Å². The summed E-state index contributed by atoms with van der Waals surface area (Å²) in [6, 6.07) is 0. The van der Waals surface area contributed by atoms with E-state index in [0.717, 1.165) is 19.5 Å². The normalized spacial score (nSPS) is 19.3. The van der Waals surface area contributed by atoms with Crippen LogP contribution in [-0.2, 0) is 0 Å². The second-order valence-electron chi connectivity index (χ2n) is 3.42. The Morgan fingerprint density at radius 2 is 2.42 bits per heavy atom. The number of aliphatic hydroxyl groups is 1. The molecular formula is C10H19NO. The van der Waals surface area contributed by atoms with E-state index in [-0.39, 0.29) is 6.61 Å². The molecule has 70 valence electrons. The smallest absolute Gasteiger partial charge is 0.0642 e. The minimum atomic E-state index is 0.252. The van der Waals surface area contributed by atoms with Crippen molar-refractivity contribution in [3.8, 4) is 0 Å². The minimum absolute atomic E-state index is 0.252. The molecule has 0 radical (unpaired) electrons. The summed E-state index contributed by atoms with van der Waals surface area (Å²) in [6.45, 7) is 5.86. The molecular weight excluding hydrogens is 150 g/mol. The van der Waals surface area contributed by atoms with Crippen LogP contribution in [0.4, 0.5) is 0 Å². The SMILES string of the molecule is CCCCN1CC=C(CO)CC1. The lowest BCUT2D eigenvalue weighted by Gasteiger charge is -2.25. The molecule has 0 spiro atoms. The summed E-state index contributed by atoms with van der Waals surface area (Å²) in [5, 5.41) is 8.87. The maximum Gasteiger partial charge on any atom is 0.0642 e. The maximum absolute atomic E-state index is 8.87. The molecule has 2 heteroatoms. The second-order valence-corrected chi connectivity index (χ2v) is 3.42. The van der Waals surface area contributed by atoms with E-state index in [4.69, 9.17) is 5.11 Å². The molecule has 0 atom stereocenters. The highest BCUT2D eigenvalue weighted by molar-refractivity contribution is 5.07. The van der Waals surface area contributed by atoms with Gasteiger partial charge in [-0.25, -0.2) is 0 Å². The van der Waals surface area contributed by atoms with Crippen molar-refractivity contribution in [3.63, 3.8) is 0 Å². The first kappa shape index (κ1) is 9.75. The van der Waals surface area contributed by atoms with Crippen LogP contribution in [0.1, 0.15) is 26.2 Å². The summed E-state index contributed by atoms with van der Waals surface area (Å²) in [6.07, 6.45) is 5.79. The van der Waals surface area contributed by atoms with Crippen LogP contribution in [-0.4, -0.2) is 36.2 Å². The fourth-order valence-electron chi connectivity index (χ4n) is 1.48. The zero-order chi connectivity index (χ0) is 8.81. The van der Waals surface area contributed by atoms with Crippen molar-refractivity contribution in [3.05, 3.63) is 11.6 Å². The Morgan fingerprint density at radius 3 is 2.92 bits per heavy atom. The molecule has 0 fully saturated rings. The number of aliphatic hydroxyl groups excluding tert-OH is 1. The van der Waals surface area contributed by atoms with Gasteiger partial charge in [-0.05, 0) is 25.0 Å². The van der Waals surface area contributed by atoms with Gasteiger partial charge in [0.15, 0.2) is 0 Å². The summed E-state index contributed by atoms with van der Waals surface area (Å²) in [7, 11) is 0. The van der Waals surface area contributed by atoms with E-state index in [1.54, 1.807) is 0 Å². The number of rotatable bonds is 4. The first-order valence-electron chi connectivity index (χ1n) is 4.88. The molecule has 1 N–H and O–H groups in total. The lowest BCUT2D eigenvalue weighted by atomic mass is 10.1. The summed E-state index contributed by atoms with van der Waals surface area (Å²) >= 11 is 0. The van der Waals surface area contributed by atoms with Crippen molar-refractivity contribution < 1.29 is 5.11 Å². The van der Waals surface area contributed by atoms with Gasteiger partial charge in [0.05, 0.1) is 6.61 Å². The average molecular weight is 169 g/mol. The third-order valence-corrected chi connectivity index (χ3v) is 2.42. The van der Waals surface area contributed by atoms with Gasteiger partial charge in [-0.2, -0.15) is 0 Å². The Balaban J connectivity index is 2.21. The highest BCUT2D eigenvalue weighted by atomic mass is 16.3. The van der Waals surface area contributed by atoms with E-state index in [1.165, 1.54) is 25.0 Å². The monoisotopic (exact) mass is 169 g/mol. The van der Waals surface area contributed by atoms with Crippen molar-refractivity contribution in [1.82, 2.24) is 4.90 Å². The van der Waals surface area contributed by atoms with E-state index in [0.29, 0.717) is 0 Å². The van der Waals surface area contributed by atoms with Gasteiger partial charge < -0.3 is 5.11 Å². The summed E-state index contributed by atoms with van der Waals surface area (Å²) in [4.78, 5) is 2.45. The van der Waals surface area contributed by atoms with Crippen molar-refractivity contribution in [1.29, 1.82) is 0 Å². The summed E-state index contributed by atoms with van der Waals surface area (Å²) in [5.74, 6) is 0. The molecule has 1 rings (SSSR count). The topological polar surface area (TPSA) is 23.5 Å². The summed E-state index contributed by atoms with van der Waals surface area (Å²) < 4.78 is 0. The van der Waals surface area contributed by atoms with Gasteiger partial charge in [0.2, 0.25) is 0 Å². The number of hydrogen-bond donors (Lipinski definition) is 1. The molecule has 2 nitrogen and oxygen atoms in total. The van der Waals surface area contributed by atoms with Crippen LogP contribution in [0.3, 0.4) is 0 Å². The third kappa shape index (κ3) is 2.95. The highest BCUT2D eigenvalue weighted by Gasteiger charge is 2.09. The molecule has 1 heterocycles. The van der Waals surface area contributed by atoms with E-state index >= 15 is 0 Å². The van der Waals surface area contributed by atoms with Gasteiger partial charge in [0.25, 0.3) is 0 Å². The Labute approximate surface area is 74.9 Å². The zero-order valence-corrected chi connectivity index (χ0v) is 7.92. The van der Waals surface area contributed by atoms with Gasteiger partial charge in [0.1, 0.15) is 0 Å². The average Bonchev–Trinajstić information content (AvgIpc) is 2.15. The lowest BCUT2D eigenvalue weighted by molar-refractivity contribution is 0.267. The third-order valence-electron chi connectivity index (χ3n) is 2.42. The van der Waals surface area contributed by atoms with Crippen molar-refractivity contribution in [2.75, 3.05) is 26.2 Å². The highest BCUT2D eigenvalue weighted by Crippen LogP contribution is 2.10. The van der Waals surface area contributed by atoms with Crippen LogP contribution in [0.2, 0.25) is 0 Å².